The Morgan fingerprint density at radius 3 is 1.20 bits per heavy atom. The zero-order chi connectivity index (χ0) is 60.7. The number of Topliss-reactive ketones (excluding diaryl/α,β-unsaturated/α-hetero) is 1. The summed E-state index contributed by atoms with van der Waals surface area (Å²) in [6.45, 7) is 7.27. The largest absolute Gasteiger partial charge is 0.469 e. The molecule has 0 radical (unpaired) electrons. The molecule has 0 aromatic rings. The van der Waals surface area contributed by atoms with Crippen molar-refractivity contribution in [2.24, 2.45) is 29.6 Å². The van der Waals surface area contributed by atoms with Gasteiger partial charge in [-0.05, 0) is 148 Å². The van der Waals surface area contributed by atoms with Crippen LogP contribution in [0.25, 0.3) is 0 Å². The fourth-order valence-corrected chi connectivity index (χ4v) is 10.0. The summed E-state index contributed by atoms with van der Waals surface area (Å²) in [7, 11) is 9.72. The van der Waals surface area contributed by atoms with Crippen molar-refractivity contribution < 1.29 is 101 Å². The van der Waals surface area contributed by atoms with Crippen LogP contribution in [0.1, 0.15) is 195 Å². The molecule has 0 spiro atoms. The number of ether oxygens (including phenoxy) is 8. The Bertz CT molecular complexity index is 1870. The minimum absolute atomic E-state index is 0. The average molecular weight is 1160 g/mol. The molecule has 0 amide bonds. The molecule has 0 aromatic heterocycles. The first kappa shape index (κ1) is 77.8. The third kappa shape index (κ3) is 34.1. The Morgan fingerprint density at radius 2 is 0.864 bits per heavy atom. The zero-order valence-corrected chi connectivity index (χ0v) is 49.4. The summed E-state index contributed by atoms with van der Waals surface area (Å²) in [5.74, 6) is -1.44. The van der Waals surface area contributed by atoms with Gasteiger partial charge in [-0.3, -0.25) is 43.2 Å². The molecule has 0 unspecified atom stereocenters. The van der Waals surface area contributed by atoms with Crippen molar-refractivity contribution in [1.29, 1.82) is 0 Å². The van der Waals surface area contributed by atoms with E-state index >= 15 is 0 Å². The molecule has 81 heavy (non-hydrogen) atoms. The van der Waals surface area contributed by atoms with Crippen LogP contribution in [-0.2, 0) is 81.0 Å². The van der Waals surface area contributed by atoms with E-state index in [1.807, 2.05) is 0 Å². The lowest BCUT2D eigenvalue weighted by atomic mass is 9.76. The van der Waals surface area contributed by atoms with E-state index in [9.17, 15) is 58.5 Å². The highest BCUT2D eigenvalue weighted by Gasteiger charge is 2.38. The van der Waals surface area contributed by atoms with Crippen molar-refractivity contribution in [1.82, 2.24) is 0 Å². The van der Waals surface area contributed by atoms with Crippen molar-refractivity contribution in [2.75, 3.05) is 56.4 Å². The number of aliphatic hydroxyl groups excluding tert-OH is 1. The fourth-order valence-electron chi connectivity index (χ4n) is 10.0. The van der Waals surface area contributed by atoms with Crippen LogP contribution < -0.4 is 0 Å². The van der Waals surface area contributed by atoms with Gasteiger partial charge in [0.2, 0.25) is 0 Å². The summed E-state index contributed by atoms with van der Waals surface area (Å²) >= 11 is 0. The minimum Gasteiger partial charge on any atom is -0.469 e. The monoisotopic (exact) mass is 1160 g/mol. The Morgan fingerprint density at radius 1 is 0.506 bits per heavy atom. The Hall–Kier alpha value is -5.25. The van der Waals surface area contributed by atoms with E-state index in [0.717, 1.165) is 51.4 Å². The molecule has 5 rings (SSSR count). The zero-order valence-electron chi connectivity index (χ0n) is 49.4. The lowest BCUT2D eigenvalue weighted by Crippen LogP contribution is -2.36. The van der Waals surface area contributed by atoms with Crippen molar-refractivity contribution in [3.05, 3.63) is 24.8 Å². The Kier molecular flexibility index (Phi) is 41.7. The van der Waals surface area contributed by atoms with Gasteiger partial charge in [0, 0.05) is 26.2 Å². The number of carbonyl (C=O) groups excluding carboxylic acids is 9. The number of hydrogen-bond acceptors (Lipinski definition) is 21. The number of esters is 8. The highest BCUT2D eigenvalue weighted by Crippen LogP contribution is 2.38. The standard InChI is InChI=1S/C14H24O5.C14H22O5.C11H18O3.C8H14O3.C8H12O3.C4H8O2.CH4/c2*1-18-12(15)5-3-4-8-14(17)9-6-11(7-10-14)13(16)19-2;1-3-6-11(13)7-4-9(5-8-11)10(12)14-2;2*1-11-8(10)6-2-4-7(9)5-3-6;1-3-6-4(2)5;/h11,17H,3-10H2,1-2H3;3-4,11,17H,5-10H2,1-2H3;3,9,13H,1,4-8H2,2H3;6-7,9H,2-5H2,1H3;6H,2-5H2,1H3;3H2,1-2H3;1H4/b;4-3+;;;;;. The van der Waals surface area contributed by atoms with Gasteiger partial charge in [0.05, 0.1) is 115 Å². The van der Waals surface area contributed by atoms with Crippen LogP contribution in [0.15, 0.2) is 24.8 Å². The number of aliphatic hydroxyl groups is 4. The van der Waals surface area contributed by atoms with E-state index < -0.39 is 16.8 Å². The number of rotatable bonds is 17. The molecule has 0 bridgehead atoms. The number of hydrogen-bond donors (Lipinski definition) is 4. The van der Waals surface area contributed by atoms with Gasteiger partial charge in [0.25, 0.3) is 0 Å². The second-order valence-corrected chi connectivity index (χ2v) is 21.1. The lowest BCUT2D eigenvalue weighted by molar-refractivity contribution is -0.149. The lowest BCUT2D eigenvalue weighted by Gasteiger charge is -2.35. The molecule has 5 aliphatic carbocycles. The van der Waals surface area contributed by atoms with Crippen molar-refractivity contribution in [3.8, 4) is 0 Å². The molecule has 5 fully saturated rings. The first-order valence-corrected chi connectivity index (χ1v) is 28.2. The van der Waals surface area contributed by atoms with Crippen LogP contribution in [0, 0.1) is 29.6 Å². The summed E-state index contributed by atoms with van der Waals surface area (Å²) in [4.78, 5) is 98.3. The highest BCUT2D eigenvalue weighted by atomic mass is 16.5. The number of carbonyl (C=O) groups is 9. The molecule has 21 heteroatoms. The molecule has 21 nitrogen and oxygen atoms in total. The van der Waals surface area contributed by atoms with Gasteiger partial charge in [-0.2, -0.15) is 0 Å². The van der Waals surface area contributed by atoms with E-state index in [-0.39, 0.29) is 103 Å². The molecular formula is C60H102O21. The average Bonchev–Trinajstić information content (AvgIpc) is 3.46. The summed E-state index contributed by atoms with van der Waals surface area (Å²) in [6.07, 6.45) is 22.3. The second kappa shape index (κ2) is 43.4. The normalized spacial score (nSPS) is 25.8. The third-order valence-electron chi connectivity index (χ3n) is 15.2. The van der Waals surface area contributed by atoms with Crippen LogP contribution in [0.2, 0.25) is 0 Å². The molecule has 5 saturated carbocycles. The van der Waals surface area contributed by atoms with Crippen molar-refractivity contribution in [3.63, 3.8) is 0 Å². The summed E-state index contributed by atoms with van der Waals surface area (Å²) in [6, 6.07) is 0. The van der Waals surface area contributed by atoms with Crippen LogP contribution in [0.4, 0.5) is 0 Å². The second-order valence-electron chi connectivity index (χ2n) is 21.1. The van der Waals surface area contributed by atoms with Gasteiger partial charge in [0.15, 0.2) is 0 Å². The van der Waals surface area contributed by atoms with Gasteiger partial charge in [-0.25, -0.2) is 0 Å². The number of ketones is 1. The molecule has 0 aromatic carbocycles. The first-order valence-electron chi connectivity index (χ1n) is 28.2. The maximum absolute atomic E-state index is 11.4. The molecular weight excluding hydrogens is 1060 g/mol. The molecule has 0 aliphatic heterocycles. The van der Waals surface area contributed by atoms with E-state index in [2.05, 4.69) is 35.0 Å². The van der Waals surface area contributed by atoms with Crippen LogP contribution >= 0.6 is 0 Å². The Balaban J connectivity index is 0. The van der Waals surface area contributed by atoms with Crippen molar-refractivity contribution in [2.45, 2.75) is 218 Å². The predicted molar refractivity (Wildman–Crippen MR) is 300 cm³/mol. The maximum Gasteiger partial charge on any atom is 0.309 e. The quantitative estimate of drug-likeness (QED) is 0.0465. The molecule has 0 saturated heterocycles. The summed E-state index contributed by atoms with van der Waals surface area (Å²) < 4.78 is 36.8. The van der Waals surface area contributed by atoms with Crippen molar-refractivity contribution >= 4 is 53.5 Å². The molecule has 4 N–H and O–H groups in total. The summed E-state index contributed by atoms with van der Waals surface area (Å²) in [5, 5.41) is 39.9. The van der Waals surface area contributed by atoms with E-state index in [1.54, 1.807) is 25.2 Å². The van der Waals surface area contributed by atoms with E-state index in [1.165, 1.54) is 56.7 Å². The van der Waals surface area contributed by atoms with Gasteiger partial charge in [-0.15, -0.1) is 6.58 Å². The number of methoxy groups -OCH3 is 7. The van der Waals surface area contributed by atoms with E-state index in [4.69, 9.17) is 14.6 Å². The summed E-state index contributed by atoms with van der Waals surface area (Å²) in [5.41, 5.74) is -2.08. The van der Waals surface area contributed by atoms with E-state index in [0.29, 0.717) is 122 Å². The Labute approximate surface area is 481 Å². The third-order valence-corrected chi connectivity index (χ3v) is 15.2. The smallest absolute Gasteiger partial charge is 0.309 e. The van der Waals surface area contributed by atoms with Crippen LogP contribution in [0.5, 0.6) is 0 Å². The highest BCUT2D eigenvalue weighted by molar-refractivity contribution is 5.82. The molecule has 0 heterocycles. The van der Waals surface area contributed by atoms with Gasteiger partial charge in [-0.1, -0.05) is 32.1 Å². The predicted octanol–water partition coefficient (Wildman–Crippen LogP) is 7.90. The van der Waals surface area contributed by atoms with Gasteiger partial charge >= 0.3 is 47.8 Å². The topological polar surface area (TPSA) is 308 Å². The first-order chi connectivity index (χ1) is 37.9. The van der Waals surface area contributed by atoms with Crippen LogP contribution in [-0.4, -0.2) is 153 Å². The minimum atomic E-state index is -0.767. The van der Waals surface area contributed by atoms with Gasteiger partial charge in [0.1, 0.15) is 5.78 Å². The molecule has 468 valence electrons. The maximum atomic E-state index is 11.4. The van der Waals surface area contributed by atoms with Gasteiger partial charge < -0.3 is 58.3 Å². The fraction of sp³-hybridized carbons (Fsp3) is 0.783. The number of unbranched alkanes of at least 4 members (excludes halogenated alkanes) is 1. The molecule has 0 atom stereocenters. The van der Waals surface area contributed by atoms with Crippen LogP contribution in [0.3, 0.4) is 0 Å². The SMILES string of the molecule is C.C=CCC1(O)CCC(C(=O)OC)CC1.CCOC(C)=O.COC(=O)C/C=C/CC1(O)CCC(C(=O)OC)CC1.COC(=O)C1CCC(=O)CC1.COC(=O)C1CCC(O)CC1.COC(=O)CCCCC1(O)CCC(C(=O)OC)CC1. The molecule has 5 aliphatic rings.